The zero-order valence-corrected chi connectivity index (χ0v) is 12.2. The van der Waals surface area contributed by atoms with E-state index >= 15 is 0 Å². The smallest absolute Gasteiger partial charge is 0.134 e. The minimum atomic E-state index is -0.975. The van der Waals surface area contributed by atoms with E-state index in [2.05, 4.69) is 11.0 Å². The van der Waals surface area contributed by atoms with Crippen molar-refractivity contribution in [3.8, 4) is 11.3 Å². The van der Waals surface area contributed by atoms with Crippen LogP contribution < -0.4 is 0 Å². The van der Waals surface area contributed by atoms with E-state index in [9.17, 15) is 10.2 Å². The van der Waals surface area contributed by atoms with Crippen LogP contribution in [0.1, 0.15) is 18.9 Å². The first-order chi connectivity index (χ1) is 10.1. The maximum Gasteiger partial charge on any atom is 0.134 e. The molecular formula is C17H21NO3. The molecule has 0 spiro atoms. The number of aliphatic hydroxyl groups is 2. The molecule has 0 bridgehead atoms. The minimum Gasteiger partial charge on any atom is -0.464 e. The van der Waals surface area contributed by atoms with Gasteiger partial charge in [-0.05, 0) is 31.0 Å². The molecule has 2 atom stereocenters. The molecule has 0 amide bonds. The summed E-state index contributed by atoms with van der Waals surface area (Å²) in [5.74, 6) is 0.857. The molecule has 1 saturated heterocycles. The molecule has 21 heavy (non-hydrogen) atoms. The van der Waals surface area contributed by atoms with Gasteiger partial charge >= 0.3 is 0 Å². The maximum absolute atomic E-state index is 10.0. The molecule has 2 N–H and O–H groups in total. The average Bonchev–Trinajstić information content (AvgIpc) is 2.98. The van der Waals surface area contributed by atoms with Crippen LogP contribution >= 0.6 is 0 Å². The van der Waals surface area contributed by atoms with Gasteiger partial charge in [0.15, 0.2) is 0 Å². The highest BCUT2D eigenvalue weighted by atomic mass is 16.3. The van der Waals surface area contributed by atoms with Gasteiger partial charge in [-0.3, -0.25) is 4.90 Å². The Labute approximate surface area is 124 Å². The largest absolute Gasteiger partial charge is 0.464 e. The summed E-state index contributed by atoms with van der Waals surface area (Å²) in [6, 6.07) is 12.0. The number of likely N-dealkylation sites (tertiary alicyclic amines) is 1. The fraction of sp³-hybridized carbons (Fsp3) is 0.412. The van der Waals surface area contributed by atoms with Crippen LogP contribution in [-0.4, -0.2) is 39.9 Å². The molecule has 0 saturated carbocycles. The number of piperidine rings is 1. The number of β-amino-alcohol motifs (C(OH)–C–C–N with tert-alkyl or cyclic N) is 1. The molecule has 0 radical (unpaired) electrons. The summed E-state index contributed by atoms with van der Waals surface area (Å²) in [6.07, 6.45) is 1.55. The Morgan fingerprint density at radius 3 is 2.81 bits per heavy atom. The number of hydrogen-bond donors (Lipinski definition) is 2. The summed E-state index contributed by atoms with van der Waals surface area (Å²) < 4.78 is 5.50. The average molecular weight is 287 g/mol. The van der Waals surface area contributed by atoms with Gasteiger partial charge in [-0.2, -0.15) is 0 Å². The fourth-order valence-electron chi connectivity index (χ4n) is 2.80. The lowest BCUT2D eigenvalue weighted by molar-refractivity contribution is -0.108. The normalized spacial score (nSPS) is 26.9. The van der Waals surface area contributed by atoms with Crippen LogP contribution in [0.3, 0.4) is 0 Å². The summed E-state index contributed by atoms with van der Waals surface area (Å²) in [4.78, 5) is 2.17. The van der Waals surface area contributed by atoms with Gasteiger partial charge in [0.25, 0.3) is 0 Å². The second-order valence-electron chi connectivity index (χ2n) is 5.99. The van der Waals surface area contributed by atoms with Crippen molar-refractivity contribution in [1.29, 1.82) is 0 Å². The van der Waals surface area contributed by atoms with Gasteiger partial charge in [0.05, 0.1) is 18.0 Å². The summed E-state index contributed by atoms with van der Waals surface area (Å²) in [7, 11) is 0. The highest BCUT2D eigenvalue weighted by Gasteiger charge is 2.36. The highest BCUT2D eigenvalue weighted by molar-refractivity contribution is 5.61. The number of rotatable bonds is 3. The van der Waals surface area contributed by atoms with Gasteiger partial charge in [-0.1, -0.05) is 24.3 Å². The van der Waals surface area contributed by atoms with Crippen LogP contribution in [0, 0.1) is 0 Å². The van der Waals surface area contributed by atoms with Crippen LogP contribution in [0.25, 0.3) is 11.3 Å². The number of furan rings is 1. The Balaban J connectivity index is 1.77. The second kappa shape index (κ2) is 5.64. The van der Waals surface area contributed by atoms with Crippen molar-refractivity contribution in [3.05, 3.63) is 48.2 Å². The van der Waals surface area contributed by atoms with Gasteiger partial charge in [0.2, 0.25) is 0 Å². The number of hydrogen-bond acceptors (Lipinski definition) is 4. The van der Waals surface area contributed by atoms with Gasteiger partial charge in [0, 0.05) is 25.2 Å². The Morgan fingerprint density at radius 1 is 1.29 bits per heavy atom. The third-order valence-electron chi connectivity index (χ3n) is 4.28. The van der Waals surface area contributed by atoms with Crippen molar-refractivity contribution in [1.82, 2.24) is 4.90 Å². The van der Waals surface area contributed by atoms with Crippen molar-refractivity contribution in [2.75, 3.05) is 13.1 Å². The summed E-state index contributed by atoms with van der Waals surface area (Å²) >= 11 is 0. The van der Waals surface area contributed by atoms with E-state index in [1.165, 1.54) is 5.56 Å². The predicted molar refractivity (Wildman–Crippen MR) is 80.7 cm³/mol. The van der Waals surface area contributed by atoms with E-state index in [0.717, 1.165) is 24.4 Å². The molecule has 4 nitrogen and oxygen atoms in total. The first-order valence-corrected chi connectivity index (χ1v) is 7.31. The second-order valence-corrected chi connectivity index (χ2v) is 5.99. The number of benzene rings is 1. The van der Waals surface area contributed by atoms with Gasteiger partial charge < -0.3 is 14.6 Å². The number of nitrogens with zero attached hydrogens (tertiary/aromatic N) is 1. The standard InChI is InChI=1S/C17H21NO3/c1-17(20)8-9-18(12-16(17)19)11-13-5-2-3-6-14(13)15-7-4-10-21-15/h2-7,10,16,19-20H,8-9,11-12H2,1H3/t16-,17-/m1/s1. The summed E-state index contributed by atoms with van der Waals surface area (Å²) in [6.45, 7) is 3.70. The van der Waals surface area contributed by atoms with Crippen LogP contribution in [0.5, 0.6) is 0 Å². The number of aliphatic hydroxyl groups excluding tert-OH is 1. The molecule has 2 aromatic rings. The lowest BCUT2D eigenvalue weighted by Crippen LogP contribution is -2.53. The zero-order chi connectivity index (χ0) is 14.9. The van der Waals surface area contributed by atoms with Crippen LogP contribution in [0.4, 0.5) is 0 Å². The van der Waals surface area contributed by atoms with Gasteiger partial charge in [-0.15, -0.1) is 0 Å². The molecule has 4 heteroatoms. The lowest BCUT2D eigenvalue weighted by atomic mass is 9.90. The SMILES string of the molecule is C[C@@]1(O)CCN(Cc2ccccc2-c2ccco2)C[C@H]1O. The zero-order valence-electron chi connectivity index (χ0n) is 12.2. The topological polar surface area (TPSA) is 56.8 Å². The molecule has 3 rings (SSSR count). The van der Waals surface area contributed by atoms with E-state index in [0.29, 0.717) is 13.0 Å². The summed E-state index contributed by atoms with van der Waals surface area (Å²) in [5, 5.41) is 20.1. The molecule has 2 heterocycles. The molecule has 0 unspecified atom stereocenters. The maximum atomic E-state index is 10.0. The molecule has 1 fully saturated rings. The van der Waals surface area contributed by atoms with Gasteiger partial charge in [0.1, 0.15) is 5.76 Å². The van der Waals surface area contributed by atoms with Crippen LogP contribution in [-0.2, 0) is 6.54 Å². The van der Waals surface area contributed by atoms with Crippen molar-refractivity contribution in [3.63, 3.8) is 0 Å². The Hall–Kier alpha value is -1.62. The van der Waals surface area contributed by atoms with Gasteiger partial charge in [-0.25, -0.2) is 0 Å². The van der Waals surface area contributed by atoms with Crippen molar-refractivity contribution < 1.29 is 14.6 Å². The molecule has 112 valence electrons. The van der Waals surface area contributed by atoms with Crippen molar-refractivity contribution >= 4 is 0 Å². The molecule has 0 aliphatic carbocycles. The Kier molecular flexibility index (Phi) is 3.85. The molecule has 1 aromatic heterocycles. The lowest BCUT2D eigenvalue weighted by Gasteiger charge is -2.40. The van der Waals surface area contributed by atoms with E-state index in [1.54, 1.807) is 13.2 Å². The first kappa shape index (κ1) is 14.3. The molecule has 1 aromatic carbocycles. The van der Waals surface area contributed by atoms with Crippen molar-refractivity contribution in [2.24, 2.45) is 0 Å². The quantitative estimate of drug-likeness (QED) is 0.909. The third-order valence-corrected chi connectivity index (χ3v) is 4.28. The highest BCUT2D eigenvalue weighted by Crippen LogP contribution is 2.28. The van der Waals surface area contributed by atoms with Crippen LogP contribution in [0.2, 0.25) is 0 Å². The Morgan fingerprint density at radius 2 is 2.10 bits per heavy atom. The van der Waals surface area contributed by atoms with E-state index in [4.69, 9.17) is 4.42 Å². The minimum absolute atomic E-state index is 0.486. The van der Waals surface area contributed by atoms with Crippen molar-refractivity contribution in [2.45, 2.75) is 31.6 Å². The van der Waals surface area contributed by atoms with E-state index < -0.39 is 11.7 Å². The molecular weight excluding hydrogens is 266 g/mol. The third kappa shape index (κ3) is 3.02. The first-order valence-electron chi connectivity index (χ1n) is 7.31. The molecule has 1 aliphatic heterocycles. The monoisotopic (exact) mass is 287 g/mol. The Bertz CT molecular complexity index is 592. The van der Waals surface area contributed by atoms with E-state index in [1.807, 2.05) is 30.3 Å². The predicted octanol–water partition coefficient (Wildman–Crippen LogP) is 2.26. The summed E-state index contributed by atoms with van der Waals surface area (Å²) in [5.41, 5.74) is 1.27. The van der Waals surface area contributed by atoms with Crippen LogP contribution in [0.15, 0.2) is 47.1 Å². The molecule has 1 aliphatic rings. The van der Waals surface area contributed by atoms with E-state index in [-0.39, 0.29) is 0 Å². The fourth-order valence-corrected chi connectivity index (χ4v) is 2.80.